The van der Waals surface area contributed by atoms with Gasteiger partial charge in [0.25, 0.3) is 5.91 Å². The van der Waals surface area contributed by atoms with Crippen LogP contribution in [0.15, 0.2) is 18.2 Å². The number of carbonyl (C=O) groups excluding carboxylic acids is 2. The molecule has 4 rings (SSSR count). The van der Waals surface area contributed by atoms with Crippen LogP contribution in [-0.4, -0.2) is 29.0 Å². The highest BCUT2D eigenvalue weighted by atomic mass is 16.5. The fourth-order valence-electron chi connectivity index (χ4n) is 4.20. The van der Waals surface area contributed by atoms with Gasteiger partial charge in [-0.25, -0.2) is 4.79 Å². The van der Waals surface area contributed by atoms with Crippen LogP contribution in [0.4, 0.5) is 0 Å². The molecule has 1 atom stereocenters. The van der Waals surface area contributed by atoms with Gasteiger partial charge < -0.3 is 15.0 Å². The Labute approximate surface area is 153 Å². The van der Waals surface area contributed by atoms with Crippen LogP contribution in [0.3, 0.4) is 0 Å². The number of amides is 1. The average Bonchev–Trinajstić information content (AvgIpc) is 3.28. The van der Waals surface area contributed by atoms with Crippen molar-refractivity contribution in [2.75, 3.05) is 0 Å². The number of carbonyl (C=O) groups is 2. The van der Waals surface area contributed by atoms with Crippen LogP contribution >= 0.6 is 0 Å². The molecule has 2 aromatic rings. The van der Waals surface area contributed by atoms with Crippen molar-refractivity contribution in [3.63, 3.8) is 0 Å². The summed E-state index contributed by atoms with van der Waals surface area (Å²) in [5, 5.41) is 4.09. The predicted octanol–water partition coefficient (Wildman–Crippen LogP) is 3.65. The second-order valence-corrected chi connectivity index (χ2v) is 7.59. The number of hydrogen-bond acceptors (Lipinski definition) is 3. The second-order valence-electron chi connectivity index (χ2n) is 7.59. The van der Waals surface area contributed by atoms with Crippen molar-refractivity contribution in [2.45, 2.75) is 70.4 Å². The minimum atomic E-state index is -0.779. The van der Waals surface area contributed by atoms with Crippen molar-refractivity contribution in [1.82, 2.24) is 10.3 Å². The van der Waals surface area contributed by atoms with E-state index in [1.54, 1.807) is 13.0 Å². The van der Waals surface area contributed by atoms with Gasteiger partial charge in [0.1, 0.15) is 0 Å². The number of aryl methyl sites for hydroxylation is 2. The highest BCUT2D eigenvalue weighted by Crippen LogP contribution is 2.30. The maximum absolute atomic E-state index is 12.5. The molecule has 0 radical (unpaired) electrons. The molecule has 2 aliphatic rings. The van der Waals surface area contributed by atoms with Gasteiger partial charge in [-0.05, 0) is 69.2 Å². The summed E-state index contributed by atoms with van der Waals surface area (Å²) in [7, 11) is 0. The molecule has 5 heteroatoms. The number of rotatable bonds is 4. The first-order valence-corrected chi connectivity index (χ1v) is 9.76. The predicted molar refractivity (Wildman–Crippen MR) is 100 cm³/mol. The van der Waals surface area contributed by atoms with Gasteiger partial charge in [-0.3, -0.25) is 4.79 Å². The second kappa shape index (κ2) is 7.14. The molecule has 26 heavy (non-hydrogen) atoms. The summed E-state index contributed by atoms with van der Waals surface area (Å²) < 4.78 is 5.42. The maximum Gasteiger partial charge on any atom is 0.338 e. The number of esters is 1. The van der Waals surface area contributed by atoms with Gasteiger partial charge in [-0.2, -0.15) is 0 Å². The third-order valence-corrected chi connectivity index (χ3v) is 5.69. The largest absolute Gasteiger partial charge is 0.449 e. The number of H-pyrrole nitrogens is 1. The number of nitrogens with one attached hydrogen (secondary N) is 2. The van der Waals surface area contributed by atoms with Gasteiger partial charge in [0.05, 0.1) is 5.56 Å². The van der Waals surface area contributed by atoms with Crippen LogP contribution in [0.2, 0.25) is 0 Å². The molecule has 1 aromatic heterocycles. The molecule has 5 nitrogen and oxygen atoms in total. The molecule has 1 aromatic carbocycles. The van der Waals surface area contributed by atoms with Crippen molar-refractivity contribution in [3.8, 4) is 0 Å². The van der Waals surface area contributed by atoms with E-state index in [1.807, 2.05) is 12.1 Å². The van der Waals surface area contributed by atoms with E-state index in [-0.39, 0.29) is 11.9 Å². The van der Waals surface area contributed by atoms with E-state index in [2.05, 4.69) is 10.3 Å². The third kappa shape index (κ3) is 3.35. The standard InChI is InChI=1S/C21H26N2O3/c1-13(20(24)22-15-6-2-3-7-15)26-21(25)14-10-11-19-17(12-14)16-8-4-5-9-18(16)23-19/h10-13,15,23H,2-9H2,1H3,(H,22,24)/t13-/m1/s1. The van der Waals surface area contributed by atoms with Crippen molar-refractivity contribution >= 4 is 22.8 Å². The van der Waals surface area contributed by atoms with Crippen LogP contribution in [-0.2, 0) is 22.4 Å². The lowest BCUT2D eigenvalue weighted by atomic mass is 9.95. The number of hydrogen-bond donors (Lipinski definition) is 2. The van der Waals surface area contributed by atoms with E-state index in [0.717, 1.165) is 49.4 Å². The molecule has 0 spiro atoms. The van der Waals surface area contributed by atoms with Gasteiger partial charge in [-0.15, -0.1) is 0 Å². The fourth-order valence-corrected chi connectivity index (χ4v) is 4.20. The van der Waals surface area contributed by atoms with Crippen LogP contribution < -0.4 is 5.32 Å². The minimum absolute atomic E-state index is 0.203. The Balaban J connectivity index is 1.46. The monoisotopic (exact) mass is 354 g/mol. The highest BCUT2D eigenvalue weighted by molar-refractivity contribution is 5.97. The van der Waals surface area contributed by atoms with Gasteiger partial charge in [-0.1, -0.05) is 12.8 Å². The summed E-state index contributed by atoms with van der Waals surface area (Å²) in [6, 6.07) is 5.84. The summed E-state index contributed by atoms with van der Waals surface area (Å²) in [6.45, 7) is 1.64. The normalized spacial score (nSPS) is 18.5. The first kappa shape index (κ1) is 17.1. The van der Waals surface area contributed by atoms with E-state index in [1.165, 1.54) is 24.1 Å². The first-order chi connectivity index (χ1) is 12.6. The molecule has 1 amide bonds. The van der Waals surface area contributed by atoms with Gasteiger partial charge >= 0.3 is 5.97 Å². The molecule has 2 N–H and O–H groups in total. The van der Waals surface area contributed by atoms with Crippen LogP contribution in [0.25, 0.3) is 10.9 Å². The molecule has 0 aliphatic heterocycles. The van der Waals surface area contributed by atoms with Crippen LogP contribution in [0, 0.1) is 0 Å². The van der Waals surface area contributed by atoms with Crippen LogP contribution in [0.1, 0.15) is 67.1 Å². The Morgan fingerprint density at radius 3 is 2.73 bits per heavy atom. The molecule has 1 heterocycles. The van der Waals surface area contributed by atoms with E-state index in [0.29, 0.717) is 5.56 Å². The van der Waals surface area contributed by atoms with Gasteiger partial charge in [0.2, 0.25) is 0 Å². The Bertz CT molecular complexity index is 833. The topological polar surface area (TPSA) is 71.2 Å². The molecule has 1 fully saturated rings. The lowest BCUT2D eigenvalue weighted by molar-refractivity contribution is -0.129. The van der Waals surface area contributed by atoms with E-state index in [9.17, 15) is 9.59 Å². The number of aromatic nitrogens is 1. The molecule has 0 saturated heterocycles. The van der Waals surface area contributed by atoms with Gasteiger partial charge in [0, 0.05) is 22.6 Å². The van der Waals surface area contributed by atoms with Crippen LogP contribution in [0.5, 0.6) is 0 Å². The molecule has 1 saturated carbocycles. The summed E-state index contributed by atoms with van der Waals surface area (Å²) in [5.74, 6) is -0.642. The zero-order chi connectivity index (χ0) is 18.1. The molecule has 0 unspecified atom stereocenters. The SMILES string of the molecule is C[C@@H](OC(=O)c1ccc2[nH]c3c(c2c1)CCCC3)C(=O)NC1CCCC1. The fraction of sp³-hybridized carbons (Fsp3) is 0.524. The first-order valence-electron chi connectivity index (χ1n) is 9.76. The molecular formula is C21H26N2O3. The minimum Gasteiger partial charge on any atom is -0.449 e. The lowest BCUT2D eigenvalue weighted by Gasteiger charge is -2.17. The van der Waals surface area contributed by atoms with Gasteiger partial charge in [0.15, 0.2) is 6.10 Å². The Kier molecular flexibility index (Phi) is 4.70. The Morgan fingerprint density at radius 2 is 1.92 bits per heavy atom. The maximum atomic E-state index is 12.5. The molecule has 138 valence electrons. The lowest BCUT2D eigenvalue weighted by Crippen LogP contribution is -2.40. The van der Waals surface area contributed by atoms with E-state index in [4.69, 9.17) is 4.74 Å². The quantitative estimate of drug-likeness (QED) is 0.823. The number of benzene rings is 1. The van der Waals surface area contributed by atoms with Crippen molar-refractivity contribution in [2.24, 2.45) is 0 Å². The third-order valence-electron chi connectivity index (χ3n) is 5.69. The number of ether oxygens (including phenoxy) is 1. The Morgan fingerprint density at radius 1 is 1.15 bits per heavy atom. The zero-order valence-corrected chi connectivity index (χ0v) is 15.3. The summed E-state index contributed by atoms with van der Waals surface area (Å²) in [6.07, 6.45) is 8.08. The zero-order valence-electron chi connectivity index (χ0n) is 15.3. The average molecular weight is 354 g/mol. The molecule has 0 bridgehead atoms. The number of fused-ring (bicyclic) bond motifs is 3. The molecule has 2 aliphatic carbocycles. The van der Waals surface area contributed by atoms with Crippen molar-refractivity contribution < 1.29 is 14.3 Å². The number of aromatic amines is 1. The molecular weight excluding hydrogens is 328 g/mol. The Hall–Kier alpha value is -2.30. The van der Waals surface area contributed by atoms with E-state index >= 15 is 0 Å². The van der Waals surface area contributed by atoms with Crippen molar-refractivity contribution in [1.29, 1.82) is 0 Å². The summed E-state index contributed by atoms with van der Waals surface area (Å²) in [5.41, 5.74) is 4.19. The summed E-state index contributed by atoms with van der Waals surface area (Å²) in [4.78, 5) is 28.2. The van der Waals surface area contributed by atoms with E-state index < -0.39 is 12.1 Å². The smallest absolute Gasteiger partial charge is 0.338 e. The van der Waals surface area contributed by atoms with Crippen molar-refractivity contribution in [3.05, 3.63) is 35.0 Å². The summed E-state index contributed by atoms with van der Waals surface area (Å²) >= 11 is 0. The highest BCUT2D eigenvalue weighted by Gasteiger charge is 2.24.